The predicted molar refractivity (Wildman–Crippen MR) is 99.1 cm³/mol. The molecule has 0 unspecified atom stereocenters. The van der Waals surface area contributed by atoms with Crippen LogP contribution in [0.1, 0.15) is 25.3 Å². The van der Waals surface area contributed by atoms with E-state index in [2.05, 4.69) is 19.9 Å². The molecule has 3 rings (SSSR count). The first-order chi connectivity index (χ1) is 12.1. The quantitative estimate of drug-likeness (QED) is 0.430. The van der Waals surface area contributed by atoms with Crippen LogP contribution in [-0.4, -0.2) is 6.16 Å². The van der Waals surface area contributed by atoms with Crippen molar-refractivity contribution < 1.29 is 14.3 Å². The smallest absolute Gasteiger partial charge is 0.395 e. The van der Waals surface area contributed by atoms with Crippen LogP contribution >= 0.6 is 0 Å². The summed E-state index contributed by atoms with van der Waals surface area (Å²) in [5.74, 6) is 1.30. The number of benzene rings is 3. The Bertz CT molecular complexity index is 854. The lowest BCUT2D eigenvalue weighted by atomic mass is 9.92. The van der Waals surface area contributed by atoms with Crippen LogP contribution in [0.15, 0.2) is 78.9 Å². The van der Waals surface area contributed by atoms with Gasteiger partial charge in [0.2, 0.25) is 0 Å². The fourth-order valence-corrected chi connectivity index (χ4v) is 2.72. The summed E-state index contributed by atoms with van der Waals surface area (Å²) in [6.07, 6.45) is -0.749. The van der Waals surface area contributed by atoms with Crippen LogP contribution in [0.4, 0.5) is 4.79 Å². The first-order valence-electron chi connectivity index (χ1n) is 8.28. The number of carbonyl (C=O) groups excluding carboxylic acids is 1. The van der Waals surface area contributed by atoms with Crippen molar-refractivity contribution >= 4 is 6.16 Å². The van der Waals surface area contributed by atoms with Crippen LogP contribution in [0, 0.1) is 0 Å². The molecule has 0 fully saturated rings. The maximum atomic E-state index is 12.1. The SMILES string of the molecule is CC(C)c1ccccc1-c1ccccc1OC(=O)Oc1ccccc1. The van der Waals surface area contributed by atoms with Crippen molar-refractivity contribution in [2.75, 3.05) is 0 Å². The Morgan fingerprint density at radius 2 is 1.32 bits per heavy atom. The van der Waals surface area contributed by atoms with Crippen molar-refractivity contribution in [3.05, 3.63) is 84.4 Å². The lowest BCUT2D eigenvalue weighted by molar-refractivity contribution is 0.152. The second-order valence-corrected chi connectivity index (χ2v) is 6.01. The molecule has 0 amide bonds. The largest absolute Gasteiger partial charge is 0.519 e. The van der Waals surface area contributed by atoms with Gasteiger partial charge in [-0.2, -0.15) is 0 Å². The molecule has 3 aromatic rings. The predicted octanol–water partition coefficient (Wildman–Crippen LogP) is 6.05. The van der Waals surface area contributed by atoms with Crippen LogP contribution in [0.25, 0.3) is 11.1 Å². The van der Waals surface area contributed by atoms with E-state index in [1.807, 2.05) is 42.5 Å². The fraction of sp³-hybridized carbons (Fsp3) is 0.136. The van der Waals surface area contributed by atoms with Crippen LogP contribution in [0.5, 0.6) is 11.5 Å². The molecule has 0 bridgehead atoms. The molecule has 3 nitrogen and oxygen atoms in total. The number of ether oxygens (including phenoxy) is 2. The molecule has 0 saturated heterocycles. The zero-order valence-corrected chi connectivity index (χ0v) is 14.3. The molecule has 0 saturated carbocycles. The van der Waals surface area contributed by atoms with E-state index >= 15 is 0 Å². The molecule has 0 spiro atoms. The van der Waals surface area contributed by atoms with Crippen molar-refractivity contribution in [3.8, 4) is 22.6 Å². The van der Waals surface area contributed by atoms with Crippen molar-refractivity contribution in [1.82, 2.24) is 0 Å². The van der Waals surface area contributed by atoms with E-state index in [9.17, 15) is 4.79 Å². The first kappa shape index (κ1) is 16.8. The maximum absolute atomic E-state index is 12.1. The average molecular weight is 332 g/mol. The van der Waals surface area contributed by atoms with Gasteiger partial charge in [0.15, 0.2) is 0 Å². The highest BCUT2D eigenvalue weighted by Crippen LogP contribution is 2.35. The Labute approximate surface area is 147 Å². The lowest BCUT2D eigenvalue weighted by Gasteiger charge is -2.15. The lowest BCUT2D eigenvalue weighted by Crippen LogP contribution is -2.14. The minimum Gasteiger partial charge on any atom is -0.395 e. The summed E-state index contributed by atoms with van der Waals surface area (Å²) in [5.41, 5.74) is 3.13. The van der Waals surface area contributed by atoms with Gasteiger partial charge >= 0.3 is 6.16 Å². The number of rotatable bonds is 4. The second-order valence-electron chi connectivity index (χ2n) is 6.01. The zero-order valence-electron chi connectivity index (χ0n) is 14.3. The first-order valence-corrected chi connectivity index (χ1v) is 8.28. The van der Waals surface area contributed by atoms with Crippen LogP contribution < -0.4 is 9.47 Å². The van der Waals surface area contributed by atoms with Gasteiger partial charge < -0.3 is 9.47 Å². The summed E-state index contributed by atoms with van der Waals surface area (Å²) in [6, 6.07) is 24.5. The van der Waals surface area contributed by atoms with Gasteiger partial charge in [0.1, 0.15) is 11.5 Å². The van der Waals surface area contributed by atoms with Crippen LogP contribution in [0.2, 0.25) is 0 Å². The van der Waals surface area contributed by atoms with E-state index in [0.717, 1.165) is 11.1 Å². The Kier molecular flexibility index (Phi) is 5.14. The van der Waals surface area contributed by atoms with Gasteiger partial charge in [0, 0.05) is 5.56 Å². The standard InChI is InChI=1S/C22H20O3/c1-16(2)18-12-6-7-13-19(18)20-14-8-9-15-21(20)25-22(23)24-17-10-4-3-5-11-17/h3-16H,1-2H3. The number of hydrogen-bond acceptors (Lipinski definition) is 3. The molecule has 25 heavy (non-hydrogen) atoms. The third kappa shape index (κ3) is 4.07. The highest BCUT2D eigenvalue weighted by molar-refractivity contribution is 5.77. The summed E-state index contributed by atoms with van der Waals surface area (Å²) >= 11 is 0. The summed E-state index contributed by atoms with van der Waals surface area (Å²) in [6.45, 7) is 4.29. The normalized spacial score (nSPS) is 10.5. The molecule has 0 radical (unpaired) electrons. The molecule has 0 N–H and O–H groups in total. The van der Waals surface area contributed by atoms with Gasteiger partial charge in [-0.15, -0.1) is 0 Å². The Balaban J connectivity index is 1.88. The van der Waals surface area contributed by atoms with Crippen LogP contribution in [0.3, 0.4) is 0 Å². The van der Waals surface area contributed by atoms with Gasteiger partial charge in [-0.1, -0.05) is 74.5 Å². The molecule has 0 aliphatic rings. The van der Waals surface area contributed by atoms with Gasteiger partial charge in [-0.25, -0.2) is 4.79 Å². The minimum absolute atomic E-state index is 0.362. The molecule has 0 aliphatic carbocycles. The van der Waals surface area contributed by atoms with Crippen molar-refractivity contribution in [2.45, 2.75) is 19.8 Å². The Morgan fingerprint density at radius 1 is 0.720 bits per heavy atom. The molecule has 3 heteroatoms. The molecule has 3 aromatic carbocycles. The van der Waals surface area contributed by atoms with E-state index < -0.39 is 6.16 Å². The Morgan fingerprint density at radius 3 is 2.04 bits per heavy atom. The van der Waals surface area contributed by atoms with E-state index in [4.69, 9.17) is 9.47 Å². The van der Waals surface area contributed by atoms with Gasteiger partial charge in [0.05, 0.1) is 0 Å². The number of para-hydroxylation sites is 2. The van der Waals surface area contributed by atoms with E-state index in [-0.39, 0.29) is 0 Å². The highest BCUT2D eigenvalue weighted by Gasteiger charge is 2.15. The summed E-state index contributed by atoms with van der Waals surface area (Å²) in [7, 11) is 0. The molecule has 0 aromatic heterocycles. The number of hydrogen-bond donors (Lipinski definition) is 0. The van der Waals surface area contributed by atoms with Crippen molar-refractivity contribution in [1.29, 1.82) is 0 Å². The summed E-state index contributed by atoms with van der Waals surface area (Å²) in [5, 5.41) is 0. The topological polar surface area (TPSA) is 35.5 Å². The van der Waals surface area contributed by atoms with Gasteiger partial charge in [-0.3, -0.25) is 0 Å². The number of carbonyl (C=O) groups is 1. The monoisotopic (exact) mass is 332 g/mol. The third-order valence-electron chi connectivity index (χ3n) is 3.90. The van der Waals surface area contributed by atoms with Gasteiger partial charge in [0.25, 0.3) is 0 Å². The van der Waals surface area contributed by atoms with E-state index in [0.29, 0.717) is 17.4 Å². The van der Waals surface area contributed by atoms with Crippen molar-refractivity contribution in [2.24, 2.45) is 0 Å². The highest BCUT2D eigenvalue weighted by atomic mass is 16.7. The average Bonchev–Trinajstić information content (AvgIpc) is 2.63. The summed E-state index contributed by atoms with van der Waals surface area (Å²) < 4.78 is 10.7. The van der Waals surface area contributed by atoms with Gasteiger partial charge in [-0.05, 0) is 35.2 Å². The molecule has 0 atom stereocenters. The molecular weight excluding hydrogens is 312 g/mol. The summed E-state index contributed by atoms with van der Waals surface area (Å²) in [4.78, 5) is 12.1. The fourth-order valence-electron chi connectivity index (χ4n) is 2.72. The third-order valence-corrected chi connectivity index (χ3v) is 3.90. The van der Waals surface area contributed by atoms with E-state index in [1.54, 1.807) is 30.3 Å². The zero-order chi connectivity index (χ0) is 17.6. The van der Waals surface area contributed by atoms with E-state index in [1.165, 1.54) is 5.56 Å². The maximum Gasteiger partial charge on any atom is 0.519 e. The van der Waals surface area contributed by atoms with Crippen molar-refractivity contribution in [3.63, 3.8) is 0 Å². The minimum atomic E-state index is -0.749. The molecule has 0 aliphatic heterocycles. The molecule has 126 valence electrons. The molecular formula is C22H20O3. The molecule has 0 heterocycles. The second kappa shape index (κ2) is 7.67. The van der Waals surface area contributed by atoms with Crippen LogP contribution in [-0.2, 0) is 0 Å². The Hall–Kier alpha value is -3.07.